The van der Waals surface area contributed by atoms with Crippen molar-refractivity contribution in [3.8, 4) is 0 Å². The quantitative estimate of drug-likeness (QED) is 0.877. The SMILES string of the molecule is CNCc1cn(CCOC(C)C)c2cc(Cl)ccc12. The highest BCUT2D eigenvalue weighted by molar-refractivity contribution is 6.31. The van der Waals surface area contributed by atoms with Gasteiger partial charge in [0.1, 0.15) is 0 Å². The van der Waals surface area contributed by atoms with Crippen LogP contribution in [0, 0.1) is 0 Å². The highest BCUT2D eigenvalue weighted by atomic mass is 35.5. The van der Waals surface area contributed by atoms with Gasteiger partial charge in [-0.3, -0.25) is 0 Å². The van der Waals surface area contributed by atoms with Crippen LogP contribution in [0.1, 0.15) is 19.4 Å². The van der Waals surface area contributed by atoms with Crippen LogP contribution in [0.3, 0.4) is 0 Å². The van der Waals surface area contributed by atoms with Gasteiger partial charge in [0.2, 0.25) is 0 Å². The Balaban J connectivity index is 2.28. The molecule has 0 fully saturated rings. The molecule has 0 aliphatic rings. The fraction of sp³-hybridized carbons (Fsp3) is 0.467. The Kier molecular flexibility index (Phi) is 4.86. The topological polar surface area (TPSA) is 26.2 Å². The number of benzene rings is 1. The van der Waals surface area contributed by atoms with Gasteiger partial charge < -0.3 is 14.6 Å². The second-order valence-corrected chi connectivity index (χ2v) is 5.40. The summed E-state index contributed by atoms with van der Waals surface area (Å²) in [6.07, 6.45) is 2.45. The second-order valence-electron chi connectivity index (χ2n) is 4.96. The molecule has 0 unspecified atom stereocenters. The minimum absolute atomic E-state index is 0.266. The summed E-state index contributed by atoms with van der Waals surface area (Å²) in [5, 5.41) is 5.22. The Bertz CT molecular complexity index is 548. The molecule has 4 heteroatoms. The van der Waals surface area contributed by atoms with E-state index in [0.717, 1.165) is 18.1 Å². The van der Waals surface area contributed by atoms with E-state index in [2.05, 4.69) is 36.0 Å². The van der Waals surface area contributed by atoms with Gasteiger partial charge in [-0.15, -0.1) is 0 Å². The molecule has 0 radical (unpaired) electrons. The maximum absolute atomic E-state index is 6.10. The van der Waals surface area contributed by atoms with Crippen LogP contribution in [0.2, 0.25) is 5.02 Å². The molecule has 19 heavy (non-hydrogen) atoms. The van der Waals surface area contributed by atoms with E-state index in [-0.39, 0.29) is 6.10 Å². The summed E-state index contributed by atoms with van der Waals surface area (Å²) in [6, 6.07) is 6.05. The summed E-state index contributed by atoms with van der Waals surface area (Å²) in [5.74, 6) is 0. The highest BCUT2D eigenvalue weighted by Gasteiger charge is 2.08. The average molecular weight is 281 g/mol. The number of hydrogen-bond acceptors (Lipinski definition) is 2. The third kappa shape index (κ3) is 3.50. The van der Waals surface area contributed by atoms with Crippen LogP contribution in [0.25, 0.3) is 10.9 Å². The van der Waals surface area contributed by atoms with E-state index in [1.54, 1.807) is 0 Å². The highest BCUT2D eigenvalue weighted by Crippen LogP contribution is 2.24. The van der Waals surface area contributed by atoms with E-state index in [1.807, 2.05) is 19.2 Å². The number of halogens is 1. The Morgan fingerprint density at radius 1 is 1.37 bits per heavy atom. The summed E-state index contributed by atoms with van der Waals surface area (Å²) in [4.78, 5) is 0. The molecular formula is C15H21ClN2O. The Morgan fingerprint density at radius 3 is 2.84 bits per heavy atom. The molecule has 1 aromatic heterocycles. The van der Waals surface area contributed by atoms with E-state index in [9.17, 15) is 0 Å². The van der Waals surface area contributed by atoms with Gasteiger partial charge >= 0.3 is 0 Å². The number of nitrogens with zero attached hydrogens (tertiary/aromatic N) is 1. The lowest BCUT2D eigenvalue weighted by Gasteiger charge is -2.09. The van der Waals surface area contributed by atoms with E-state index in [1.165, 1.54) is 16.5 Å². The molecule has 1 heterocycles. The fourth-order valence-electron chi connectivity index (χ4n) is 2.24. The van der Waals surface area contributed by atoms with Crippen LogP contribution < -0.4 is 5.32 Å². The van der Waals surface area contributed by atoms with Crippen molar-refractivity contribution in [1.29, 1.82) is 0 Å². The molecule has 104 valence electrons. The molecule has 3 nitrogen and oxygen atoms in total. The molecule has 0 amide bonds. The average Bonchev–Trinajstić information content (AvgIpc) is 2.67. The molecule has 0 saturated carbocycles. The lowest BCUT2D eigenvalue weighted by Crippen LogP contribution is -2.10. The van der Waals surface area contributed by atoms with Crippen molar-refractivity contribution < 1.29 is 4.74 Å². The predicted octanol–water partition coefficient (Wildman–Crippen LogP) is 3.44. The molecule has 0 bridgehead atoms. The molecule has 1 N–H and O–H groups in total. The lowest BCUT2D eigenvalue weighted by atomic mass is 10.2. The Hall–Kier alpha value is -1.03. The van der Waals surface area contributed by atoms with Gasteiger partial charge in [-0.25, -0.2) is 0 Å². The van der Waals surface area contributed by atoms with Gasteiger partial charge in [-0.2, -0.15) is 0 Å². The van der Waals surface area contributed by atoms with Gasteiger partial charge in [-0.05, 0) is 38.6 Å². The molecular weight excluding hydrogens is 260 g/mol. The summed E-state index contributed by atoms with van der Waals surface area (Å²) in [6.45, 7) is 6.52. The monoisotopic (exact) mass is 280 g/mol. The standard InChI is InChI=1S/C15H21ClN2O/c1-11(2)19-7-6-18-10-12(9-17-3)14-5-4-13(16)8-15(14)18/h4-5,8,10-11,17H,6-7,9H2,1-3H3. The van der Waals surface area contributed by atoms with Crippen molar-refractivity contribution in [2.45, 2.75) is 33.0 Å². The van der Waals surface area contributed by atoms with Crippen molar-refractivity contribution in [2.24, 2.45) is 0 Å². The molecule has 0 saturated heterocycles. The zero-order valence-electron chi connectivity index (χ0n) is 11.7. The second kappa shape index (κ2) is 6.42. The molecule has 2 aromatic rings. The van der Waals surface area contributed by atoms with Crippen molar-refractivity contribution in [3.63, 3.8) is 0 Å². The van der Waals surface area contributed by atoms with Gasteiger partial charge in [-0.1, -0.05) is 17.7 Å². The maximum atomic E-state index is 6.10. The van der Waals surface area contributed by atoms with E-state index < -0.39 is 0 Å². The first-order valence-electron chi connectivity index (χ1n) is 6.65. The van der Waals surface area contributed by atoms with Crippen LogP contribution in [-0.2, 0) is 17.8 Å². The Morgan fingerprint density at radius 2 is 2.16 bits per heavy atom. The number of rotatable bonds is 6. The van der Waals surface area contributed by atoms with Crippen LogP contribution in [-0.4, -0.2) is 24.3 Å². The molecule has 1 aromatic carbocycles. The summed E-state index contributed by atoms with van der Waals surface area (Å²) in [5.41, 5.74) is 2.46. The van der Waals surface area contributed by atoms with Crippen molar-refractivity contribution >= 4 is 22.5 Å². The smallest absolute Gasteiger partial charge is 0.0649 e. The third-order valence-corrected chi connectivity index (χ3v) is 3.31. The Labute approximate surface area is 119 Å². The van der Waals surface area contributed by atoms with Gasteiger partial charge in [0, 0.05) is 35.2 Å². The first-order chi connectivity index (χ1) is 9.11. The van der Waals surface area contributed by atoms with Gasteiger partial charge in [0.05, 0.1) is 12.7 Å². The fourth-order valence-corrected chi connectivity index (χ4v) is 2.41. The molecule has 0 aliphatic carbocycles. The number of aromatic nitrogens is 1. The van der Waals surface area contributed by atoms with Crippen LogP contribution in [0.5, 0.6) is 0 Å². The normalized spacial score (nSPS) is 11.6. The van der Waals surface area contributed by atoms with Crippen LogP contribution >= 0.6 is 11.6 Å². The summed E-state index contributed by atoms with van der Waals surface area (Å²) < 4.78 is 7.84. The minimum atomic E-state index is 0.266. The van der Waals surface area contributed by atoms with E-state index in [4.69, 9.17) is 16.3 Å². The lowest BCUT2D eigenvalue weighted by molar-refractivity contribution is 0.0733. The molecule has 0 atom stereocenters. The molecule has 0 spiro atoms. The molecule has 0 aliphatic heterocycles. The largest absolute Gasteiger partial charge is 0.377 e. The van der Waals surface area contributed by atoms with E-state index >= 15 is 0 Å². The zero-order chi connectivity index (χ0) is 13.8. The van der Waals surface area contributed by atoms with Crippen LogP contribution in [0.4, 0.5) is 0 Å². The predicted molar refractivity (Wildman–Crippen MR) is 80.8 cm³/mol. The van der Waals surface area contributed by atoms with Crippen molar-refractivity contribution in [2.75, 3.05) is 13.7 Å². The number of hydrogen-bond donors (Lipinski definition) is 1. The first-order valence-corrected chi connectivity index (χ1v) is 7.03. The van der Waals surface area contributed by atoms with Gasteiger partial charge in [0.15, 0.2) is 0 Å². The zero-order valence-corrected chi connectivity index (χ0v) is 12.5. The summed E-state index contributed by atoms with van der Waals surface area (Å²) in [7, 11) is 1.96. The number of nitrogens with one attached hydrogen (secondary N) is 1. The summed E-state index contributed by atoms with van der Waals surface area (Å²) >= 11 is 6.10. The van der Waals surface area contributed by atoms with Crippen molar-refractivity contribution in [3.05, 3.63) is 35.0 Å². The first kappa shape index (κ1) is 14.4. The molecule has 2 rings (SSSR count). The van der Waals surface area contributed by atoms with Gasteiger partial charge in [0.25, 0.3) is 0 Å². The number of fused-ring (bicyclic) bond motifs is 1. The minimum Gasteiger partial charge on any atom is -0.377 e. The third-order valence-electron chi connectivity index (χ3n) is 3.08. The van der Waals surface area contributed by atoms with Crippen LogP contribution in [0.15, 0.2) is 24.4 Å². The number of ether oxygens (including phenoxy) is 1. The van der Waals surface area contributed by atoms with Crippen molar-refractivity contribution in [1.82, 2.24) is 9.88 Å². The van der Waals surface area contributed by atoms with E-state index in [0.29, 0.717) is 6.61 Å². The maximum Gasteiger partial charge on any atom is 0.0649 e.